The molecule has 0 saturated carbocycles. The second-order valence-corrected chi connectivity index (χ2v) is 1.99. The summed E-state index contributed by atoms with van der Waals surface area (Å²) in [7, 11) is 0. The minimum Gasteiger partial charge on any atom is -0.336 e. The molecule has 4 nitrogen and oxygen atoms in total. The van der Waals surface area contributed by atoms with Crippen LogP contribution >= 0.6 is 0 Å². The normalized spacial score (nSPS) is 20.5. The molecular formula is C6H5NO3. The van der Waals surface area contributed by atoms with Crippen LogP contribution in [0.5, 0.6) is 0 Å². The average molecular weight is 139 g/mol. The van der Waals surface area contributed by atoms with Gasteiger partial charge in [0, 0.05) is 12.4 Å². The van der Waals surface area contributed by atoms with Crippen molar-refractivity contribution in [3.05, 3.63) is 30.1 Å². The summed E-state index contributed by atoms with van der Waals surface area (Å²) in [6.45, 7) is 0. The zero-order chi connectivity index (χ0) is 7.03. The van der Waals surface area contributed by atoms with Gasteiger partial charge in [0.2, 0.25) is 0 Å². The van der Waals surface area contributed by atoms with E-state index < -0.39 is 5.97 Å². The maximum absolute atomic E-state index is 9.12. The molecule has 0 bridgehead atoms. The fourth-order valence-corrected chi connectivity index (χ4v) is 0.685. The molecule has 0 aromatic carbocycles. The molecule has 1 aromatic rings. The molecule has 1 aromatic heterocycles. The molecule has 0 unspecified atom stereocenters. The van der Waals surface area contributed by atoms with Gasteiger partial charge in [0.15, 0.2) is 0 Å². The smallest absolute Gasteiger partial charge is 0.336 e. The number of rotatable bonds is 1. The van der Waals surface area contributed by atoms with Crippen LogP contribution in [0.4, 0.5) is 0 Å². The van der Waals surface area contributed by atoms with Gasteiger partial charge in [-0.25, -0.2) is 0 Å². The number of aromatic nitrogens is 1. The van der Waals surface area contributed by atoms with Gasteiger partial charge in [-0.15, -0.1) is 0 Å². The van der Waals surface area contributed by atoms with Crippen LogP contribution in [0, 0.1) is 0 Å². The zero-order valence-electron chi connectivity index (χ0n) is 5.02. The molecule has 1 aliphatic heterocycles. The summed E-state index contributed by atoms with van der Waals surface area (Å²) in [5.41, 5.74) is 0.509. The van der Waals surface area contributed by atoms with Crippen molar-refractivity contribution in [3.8, 4) is 0 Å². The Hall–Kier alpha value is -0.970. The Balaban J connectivity index is 2.35. The number of hydrogen-bond acceptors (Lipinski definition) is 4. The molecule has 0 atom stereocenters. The van der Waals surface area contributed by atoms with Crippen LogP contribution in [0.2, 0.25) is 0 Å². The molecule has 4 heteroatoms. The molecule has 10 heavy (non-hydrogen) atoms. The lowest BCUT2D eigenvalue weighted by atomic mass is 10.2. The summed E-state index contributed by atoms with van der Waals surface area (Å²) in [5, 5.41) is 9.12. The Labute approximate surface area is 57.0 Å². The lowest BCUT2D eigenvalue weighted by molar-refractivity contribution is 0.0260. The van der Waals surface area contributed by atoms with E-state index in [2.05, 4.69) is 14.8 Å². The number of hydrogen-bond donors (Lipinski definition) is 1. The van der Waals surface area contributed by atoms with E-state index >= 15 is 0 Å². The minimum absolute atomic E-state index is 0.509. The summed E-state index contributed by atoms with van der Waals surface area (Å²) in [5.74, 6) is -1.52. The average Bonchev–Trinajstić information content (AvgIpc) is 2.72. The van der Waals surface area contributed by atoms with Crippen LogP contribution in [0.3, 0.4) is 0 Å². The van der Waals surface area contributed by atoms with Crippen LogP contribution < -0.4 is 0 Å². The van der Waals surface area contributed by atoms with Gasteiger partial charge in [-0.1, -0.05) is 0 Å². The van der Waals surface area contributed by atoms with Gasteiger partial charge in [0.1, 0.15) is 0 Å². The van der Waals surface area contributed by atoms with E-state index in [-0.39, 0.29) is 0 Å². The second-order valence-electron chi connectivity index (χ2n) is 1.99. The van der Waals surface area contributed by atoms with Gasteiger partial charge < -0.3 is 5.11 Å². The van der Waals surface area contributed by atoms with E-state index in [9.17, 15) is 0 Å². The van der Waals surface area contributed by atoms with E-state index in [1.54, 1.807) is 18.3 Å². The quantitative estimate of drug-likeness (QED) is 0.444. The van der Waals surface area contributed by atoms with Crippen LogP contribution in [0.15, 0.2) is 24.5 Å². The van der Waals surface area contributed by atoms with Crippen molar-refractivity contribution < 1.29 is 14.9 Å². The van der Waals surface area contributed by atoms with Crippen molar-refractivity contribution in [2.24, 2.45) is 0 Å². The topological polar surface area (TPSA) is 58.2 Å². The molecule has 0 radical (unpaired) electrons. The first kappa shape index (κ1) is 5.79. The van der Waals surface area contributed by atoms with Crippen molar-refractivity contribution in [3.63, 3.8) is 0 Å². The predicted octanol–water partition coefficient (Wildman–Crippen LogP) is 0.146. The monoisotopic (exact) mass is 139 g/mol. The fourth-order valence-electron chi connectivity index (χ4n) is 0.685. The summed E-state index contributed by atoms with van der Waals surface area (Å²) in [6.07, 6.45) is 3.09. The van der Waals surface area contributed by atoms with Gasteiger partial charge in [0.25, 0.3) is 0 Å². The van der Waals surface area contributed by atoms with Gasteiger partial charge >= 0.3 is 5.97 Å². The van der Waals surface area contributed by atoms with E-state index in [4.69, 9.17) is 5.11 Å². The van der Waals surface area contributed by atoms with E-state index in [1.807, 2.05) is 0 Å². The Kier molecular flexibility index (Phi) is 1.02. The first-order chi connectivity index (χ1) is 4.81. The highest BCUT2D eigenvalue weighted by Crippen LogP contribution is 2.36. The second kappa shape index (κ2) is 1.76. The highest BCUT2D eigenvalue weighted by Gasteiger charge is 2.49. The predicted molar refractivity (Wildman–Crippen MR) is 30.3 cm³/mol. The fraction of sp³-hybridized carbons (Fsp3) is 0.167. The maximum atomic E-state index is 9.12. The highest BCUT2D eigenvalue weighted by atomic mass is 17.4. The lowest BCUT2D eigenvalue weighted by Gasteiger charge is -1.95. The Bertz CT molecular complexity index is 232. The number of aliphatic hydroxyl groups is 1. The molecule has 0 aliphatic carbocycles. The zero-order valence-corrected chi connectivity index (χ0v) is 5.02. The maximum Gasteiger partial charge on any atom is 0.366 e. The van der Waals surface area contributed by atoms with Crippen molar-refractivity contribution in [1.29, 1.82) is 0 Å². The number of nitrogens with zero attached hydrogens (tertiary/aromatic N) is 1. The standard InChI is InChI=1S/C6H5NO3/c8-6(9-10-6)5-2-1-3-7-4-5/h1-4,8H. The third kappa shape index (κ3) is 0.786. The largest absolute Gasteiger partial charge is 0.366 e. The Morgan fingerprint density at radius 2 is 2.30 bits per heavy atom. The summed E-state index contributed by atoms with van der Waals surface area (Å²) >= 11 is 0. The van der Waals surface area contributed by atoms with Crippen LogP contribution in [-0.4, -0.2) is 10.1 Å². The Morgan fingerprint density at radius 1 is 1.50 bits per heavy atom. The van der Waals surface area contributed by atoms with Crippen LogP contribution in [-0.2, 0) is 15.7 Å². The molecular weight excluding hydrogens is 134 g/mol. The SMILES string of the molecule is OC1(c2cccnc2)OO1. The molecule has 2 heterocycles. The van der Waals surface area contributed by atoms with Crippen molar-refractivity contribution >= 4 is 0 Å². The highest BCUT2D eigenvalue weighted by molar-refractivity contribution is 5.13. The number of pyridine rings is 1. The molecule has 0 spiro atoms. The summed E-state index contributed by atoms with van der Waals surface area (Å²) in [6, 6.07) is 3.36. The van der Waals surface area contributed by atoms with Crippen LogP contribution in [0.25, 0.3) is 0 Å². The first-order valence-corrected chi connectivity index (χ1v) is 2.81. The molecule has 52 valence electrons. The molecule has 2 rings (SSSR count). The summed E-state index contributed by atoms with van der Waals surface area (Å²) < 4.78 is 0. The van der Waals surface area contributed by atoms with E-state index in [0.717, 1.165) is 0 Å². The van der Waals surface area contributed by atoms with Gasteiger partial charge in [-0.3, -0.25) is 4.98 Å². The van der Waals surface area contributed by atoms with Gasteiger partial charge in [0.05, 0.1) is 5.56 Å². The van der Waals surface area contributed by atoms with Crippen molar-refractivity contribution in [2.45, 2.75) is 5.97 Å². The molecule has 1 fully saturated rings. The third-order valence-electron chi connectivity index (χ3n) is 1.27. The molecule has 0 amide bonds. The Morgan fingerprint density at radius 3 is 2.80 bits per heavy atom. The summed E-state index contributed by atoms with van der Waals surface area (Å²) in [4.78, 5) is 12.4. The van der Waals surface area contributed by atoms with Crippen LogP contribution in [0.1, 0.15) is 5.56 Å². The lowest BCUT2D eigenvalue weighted by Crippen LogP contribution is -2.05. The van der Waals surface area contributed by atoms with Gasteiger partial charge in [-0.05, 0) is 12.1 Å². The minimum atomic E-state index is -1.52. The van der Waals surface area contributed by atoms with E-state index in [1.165, 1.54) is 6.20 Å². The van der Waals surface area contributed by atoms with E-state index in [0.29, 0.717) is 5.56 Å². The van der Waals surface area contributed by atoms with Gasteiger partial charge in [-0.2, -0.15) is 9.78 Å². The van der Waals surface area contributed by atoms with Crippen molar-refractivity contribution in [1.82, 2.24) is 4.98 Å². The third-order valence-corrected chi connectivity index (χ3v) is 1.27. The first-order valence-electron chi connectivity index (χ1n) is 2.81. The van der Waals surface area contributed by atoms with Crippen molar-refractivity contribution in [2.75, 3.05) is 0 Å². The molecule has 1 N–H and O–H groups in total. The molecule has 1 aliphatic rings. The molecule has 1 saturated heterocycles.